The average molecular weight is 367 g/mol. The van der Waals surface area contributed by atoms with E-state index in [2.05, 4.69) is 4.74 Å². The molecule has 2 aromatic carbocycles. The minimum Gasteiger partial charge on any atom is -0.406 e. The van der Waals surface area contributed by atoms with Crippen LogP contribution in [0.15, 0.2) is 48.5 Å². The maximum Gasteiger partial charge on any atom is 0.573 e. The molecule has 0 saturated carbocycles. The molecule has 1 heterocycles. The number of carbonyl (C=O) groups excluding carboxylic acids is 1. The van der Waals surface area contributed by atoms with Gasteiger partial charge in [-0.25, -0.2) is 0 Å². The Labute approximate surface area is 147 Å². The van der Waals surface area contributed by atoms with Gasteiger partial charge in [0.1, 0.15) is 11.1 Å². The van der Waals surface area contributed by atoms with Gasteiger partial charge in [0, 0.05) is 17.9 Å². The lowest BCUT2D eigenvalue weighted by Crippen LogP contribution is -2.30. The fourth-order valence-corrected chi connectivity index (χ4v) is 3.93. The highest BCUT2D eigenvalue weighted by Crippen LogP contribution is 2.39. The number of rotatable bonds is 3. The van der Waals surface area contributed by atoms with E-state index < -0.39 is 12.1 Å². The van der Waals surface area contributed by atoms with Crippen LogP contribution in [0, 0.1) is 6.92 Å². The molecule has 0 aliphatic carbocycles. The van der Waals surface area contributed by atoms with Crippen LogP contribution in [0.3, 0.4) is 0 Å². The molecule has 0 N–H and O–H groups in total. The number of thioether (sulfide) groups is 1. The van der Waals surface area contributed by atoms with Crippen molar-refractivity contribution in [1.82, 2.24) is 4.90 Å². The lowest BCUT2D eigenvalue weighted by atomic mass is 10.1. The summed E-state index contributed by atoms with van der Waals surface area (Å²) in [6.07, 6.45) is -4.78. The van der Waals surface area contributed by atoms with E-state index in [0.29, 0.717) is 6.54 Å². The summed E-state index contributed by atoms with van der Waals surface area (Å²) in [5.41, 5.74) is 2.31. The molecule has 7 heteroatoms. The summed E-state index contributed by atoms with van der Waals surface area (Å²) in [6, 6.07) is 13.1. The first-order valence-corrected chi connectivity index (χ1v) is 8.73. The Bertz CT molecular complexity index is 762. The molecular formula is C18H16F3NO2S. The molecule has 1 fully saturated rings. The number of nitrogens with zero attached hydrogens (tertiary/aromatic N) is 1. The van der Waals surface area contributed by atoms with E-state index in [-0.39, 0.29) is 16.8 Å². The Morgan fingerprint density at radius 2 is 1.92 bits per heavy atom. The fourth-order valence-electron chi connectivity index (χ4n) is 2.68. The van der Waals surface area contributed by atoms with Gasteiger partial charge in [-0.1, -0.05) is 35.9 Å². The number of benzene rings is 2. The summed E-state index contributed by atoms with van der Waals surface area (Å²) >= 11 is 1.64. The molecule has 3 rings (SSSR count). The number of amides is 1. The van der Waals surface area contributed by atoms with Crippen molar-refractivity contribution in [1.29, 1.82) is 0 Å². The van der Waals surface area contributed by atoms with E-state index in [1.165, 1.54) is 18.2 Å². The zero-order valence-electron chi connectivity index (χ0n) is 13.4. The quantitative estimate of drug-likeness (QED) is 0.782. The van der Waals surface area contributed by atoms with Gasteiger partial charge < -0.3 is 9.64 Å². The Balaban J connectivity index is 1.82. The summed E-state index contributed by atoms with van der Waals surface area (Å²) in [5, 5.41) is -0.139. The number of hydrogen-bond acceptors (Lipinski definition) is 3. The standard InChI is InChI=1S/C18H16F3NO2S/c1-12-5-7-13(8-6-12)17-22(9-10-25-17)16(23)14-3-2-4-15(11-14)24-18(19,20)21/h2-8,11,17H,9-10H2,1H3. The van der Waals surface area contributed by atoms with Crippen molar-refractivity contribution >= 4 is 17.7 Å². The van der Waals surface area contributed by atoms with Gasteiger partial charge in [-0.15, -0.1) is 24.9 Å². The highest BCUT2D eigenvalue weighted by atomic mass is 32.2. The van der Waals surface area contributed by atoms with Crippen molar-refractivity contribution in [2.24, 2.45) is 0 Å². The molecule has 0 spiro atoms. The van der Waals surface area contributed by atoms with Crippen molar-refractivity contribution in [3.05, 3.63) is 65.2 Å². The predicted molar refractivity (Wildman–Crippen MR) is 90.5 cm³/mol. The lowest BCUT2D eigenvalue weighted by Gasteiger charge is -2.24. The van der Waals surface area contributed by atoms with Crippen molar-refractivity contribution < 1.29 is 22.7 Å². The topological polar surface area (TPSA) is 29.5 Å². The van der Waals surface area contributed by atoms with E-state index in [0.717, 1.165) is 22.9 Å². The van der Waals surface area contributed by atoms with Gasteiger partial charge in [0.15, 0.2) is 0 Å². The first-order chi connectivity index (χ1) is 11.8. The molecule has 3 nitrogen and oxygen atoms in total. The molecule has 1 aliphatic rings. The molecule has 1 aliphatic heterocycles. The normalized spacial score (nSPS) is 17.6. The number of hydrogen-bond donors (Lipinski definition) is 0. The second kappa shape index (κ2) is 7.00. The van der Waals surface area contributed by atoms with Crippen LogP contribution in [0.25, 0.3) is 0 Å². The SMILES string of the molecule is Cc1ccc(C2SCCN2C(=O)c2cccc(OC(F)(F)F)c2)cc1. The molecule has 1 atom stereocenters. The van der Waals surface area contributed by atoms with Crippen LogP contribution < -0.4 is 4.74 Å². The molecule has 0 radical (unpaired) electrons. The largest absolute Gasteiger partial charge is 0.573 e. The van der Waals surface area contributed by atoms with Crippen molar-refractivity contribution in [3.63, 3.8) is 0 Å². The third-order valence-electron chi connectivity index (χ3n) is 3.83. The van der Waals surface area contributed by atoms with Crippen molar-refractivity contribution in [2.75, 3.05) is 12.3 Å². The molecule has 0 bridgehead atoms. The predicted octanol–water partition coefficient (Wildman–Crippen LogP) is 4.78. The van der Waals surface area contributed by atoms with Gasteiger partial charge in [-0.05, 0) is 30.7 Å². The van der Waals surface area contributed by atoms with E-state index in [1.807, 2.05) is 31.2 Å². The first-order valence-electron chi connectivity index (χ1n) is 7.68. The molecule has 1 saturated heterocycles. The number of ether oxygens (including phenoxy) is 1. The van der Waals surface area contributed by atoms with Crippen molar-refractivity contribution in [2.45, 2.75) is 18.7 Å². The van der Waals surface area contributed by atoms with Crippen LogP contribution in [-0.4, -0.2) is 29.5 Å². The minimum atomic E-state index is -4.78. The highest BCUT2D eigenvalue weighted by Gasteiger charge is 2.33. The summed E-state index contributed by atoms with van der Waals surface area (Å²) in [4.78, 5) is 14.5. The van der Waals surface area contributed by atoms with Gasteiger partial charge in [0.25, 0.3) is 5.91 Å². The van der Waals surface area contributed by atoms with Crippen LogP contribution in [0.5, 0.6) is 5.75 Å². The Kier molecular flexibility index (Phi) is 4.94. The highest BCUT2D eigenvalue weighted by molar-refractivity contribution is 7.99. The molecular weight excluding hydrogens is 351 g/mol. The Hall–Kier alpha value is -2.15. The zero-order chi connectivity index (χ0) is 18.0. The van der Waals surface area contributed by atoms with Crippen LogP contribution in [0.1, 0.15) is 26.9 Å². The average Bonchev–Trinajstić information content (AvgIpc) is 3.03. The maximum absolute atomic E-state index is 12.8. The number of halogens is 3. The van der Waals surface area contributed by atoms with Gasteiger partial charge in [0.05, 0.1) is 0 Å². The van der Waals surface area contributed by atoms with Gasteiger partial charge >= 0.3 is 6.36 Å². The molecule has 0 aromatic heterocycles. The summed E-state index contributed by atoms with van der Waals surface area (Å²) < 4.78 is 41.0. The molecule has 1 amide bonds. The minimum absolute atomic E-state index is 0.139. The number of alkyl halides is 3. The molecule has 1 unspecified atom stereocenters. The summed E-state index contributed by atoms with van der Waals surface area (Å²) in [5.74, 6) is 0.0866. The van der Waals surface area contributed by atoms with Gasteiger partial charge in [0.2, 0.25) is 0 Å². The summed E-state index contributed by atoms with van der Waals surface area (Å²) in [6.45, 7) is 2.53. The van der Waals surface area contributed by atoms with E-state index in [1.54, 1.807) is 16.7 Å². The zero-order valence-corrected chi connectivity index (χ0v) is 14.2. The molecule has 25 heavy (non-hydrogen) atoms. The monoisotopic (exact) mass is 367 g/mol. The number of carbonyl (C=O) groups is 1. The Morgan fingerprint density at radius 3 is 2.60 bits per heavy atom. The first kappa shape index (κ1) is 17.7. The second-order valence-corrected chi connectivity index (χ2v) is 6.90. The van der Waals surface area contributed by atoms with Crippen LogP contribution in [-0.2, 0) is 0 Å². The smallest absolute Gasteiger partial charge is 0.406 e. The van der Waals surface area contributed by atoms with Gasteiger partial charge in [-0.2, -0.15) is 0 Å². The van der Waals surface area contributed by atoms with Crippen LogP contribution in [0.2, 0.25) is 0 Å². The molecule has 132 valence electrons. The molecule has 2 aromatic rings. The number of aryl methyl sites for hydroxylation is 1. The third kappa shape index (κ3) is 4.28. The Morgan fingerprint density at radius 1 is 1.20 bits per heavy atom. The van der Waals surface area contributed by atoms with Crippen molar-refractivity contribution in [3.8, 4) is 5.75 Å². The van der Waals surface area contributed by atoms with E-state index in [9.17, 15) is 18.0 Å². The third-order valence-corrected chi connectivity index (χ3v) is 5.09. The van der Waals surface area contributed by atoms with E-state index in [4.69, 9.17) is 0 Å². The van der Waals surface area contributed by atoms with Crippen LogP contribution >= 0.6 is 11.8 Å². The summed E-state index contributed by atoms with van der Waals surface area (Å²) in [7, 11) is 0. The second-order valence-electron chi connectivity index (χ2n) is 5.71. The fraction of sp³-hybridized carbons (Fsp3) is 0.278. The lowest BCUT2D eigenvalue weighted by molar-refractivity contribution is -0.274. The van der Waals surface area contributed by atoms with E-state index >= 15 is 0 Å². The van der Waals surface area contributed by atoms with Gasteiger partial charge in [-0.3, -0.25) is 4.79 Å². The van der Waals surface area contributed by atoms with Crippen LogP contribution in [0.4, 0.5) is 13.2 Å². The maximum atomic E-state index is 12.8.